The number of rotatable bonds is 4. The highest BCUT2D eigenvalue weighted by molar-refractivity contribution is 9.10. The second kappa shape index (κ2) is 6.72. The molecule has 1 aromatic rings. The van der Waals surface area contributed by atoms with Crippen molar-refractivity contribution in [3.63, 3.8) is 0 Å². The molecule has 0 radical (unpaired) electrons. The fourth-order valence-corrected chi connectivity index (χ4v) is 1.81. The molecule has 2 N–H and O–H groups in total. The van der Waals surface area contributed by atoms with Gasteiger partial charge in [-0.25, -0.2) is 4.79 Å². The van der Waals surface area contributed by atoms with Crippen LogP contribution in [-0.2, 0) is 9.53 Å². The molecule has 1 aromatic carbocycles. The molecule has 0 saturated carbocycles. The van der Waals surface area contributed by atoms with Crippen LogP contribution in [0.3, 0.4) is 0 Å². The Morgan fingerprint density at radius 1 is 1.56 bits per heavy atom. The summed E-state index contributed by atoms with van der Waals surface area (Å²) in [6, 6.07) is 3.71. The number of carbonyl (C=O) groups is 2. The van der Waals surface area contributed by atoms with Crippen LogP contribution in [0.4, 0.5) is 0 Å². The van der Waals surface area contributed by atoms with Gasteiger partial charge in [-0.05, 0) is 28.1 Å². The molecule has 0 heterocycles. The maximum Gasteiger partial charge on any atom is 0.330 e. The van der Waals surface area contributed by atoms with Gasteiger partial charge in [0.05, 0.1) is 24.3 Å². The highest BCUT2D eigenvalue weighted by Crippen LogP contribution is 2.25. The average Bonchev–Trinajstić information content (AvgIpc) is 2.37. The van der Waals surface area contributed by atoms with Crippen molar-refractivity contribution in [1.29, 1.82) is 0 Å². The second-order valence-electron chi connectivity index (χ2n) is 3.33. The van der Waals surface area contributed by atoms with E-state index in [1.807, 2.05) is 0 Å². The Morgan fingerprint density at radius 3 is 2.78 bits per heavy atom. The van der Waals surface area contributed by atoms with Crippen LogP contribution in [0.5, 0.6) is 0 Å². The average molecular weight is 337 g/mol. The summed E-state index contributed by atoms with van der Waals surface area (Å²) in [7, 11) is 1.17. The van der Waals surface area contributed by atoms with E-state index in [1.54, 1.807) is 12.1 Å². The van der Waals surface area contributed by atoms with Crippen molar-refractivity contribution in [3.8, 4) is 0 Å². The molecular formula is C11H11BrClNO4. The zero-order valence-electron chi connectivity index (χ0n) is 9.44. The molecule has 0 fully saturated rings. The van der Waals surface area contributed by atoms with E-state index in [9.17, 15) is 9.59 Å². The highest BCUT2D eigenvalue weighted by atomic mass is 79.9. The minimum absolute atomic E-state index is 0.202. The lowest BCUT2D eigenvalue weighted by Gasteiger charge is -2.14. The predicted molar refractivity (Wildman–Crippen MR) is 69.5 cm³/mol. The summed E-state index contributed by atoms with van der Waals surface area (Å²) >= 11 is 9.13. The van der Waals surface area contributed by atoms with Gasteiger partial charge in [-0.15, -0.1) is 0 Å². The van der Waals surface area contributed by atoms with Gasteiger partial charge >= 0.3 is 5.97 Å². The smallest absolute Gasteiger partial charge is 0.330 e. The van der Waals surface area contributed by atoms with Crippen LogP contribution >= 0.6 is 27.5 Å². The molecule has 1 rings (SSSR count). The molecule has 5 nitrogen and oxygen atoms in total. The summed E-state index contributed by atoms with van der Waals surface area (Å²) < 4.78 is 5.00. The van der Waals surface area contributed by atoms with Crippen LogP contribution in [0.15, 0.2) is 22.7 Å². The van der Waals surface area contributed by atoms with E-state index in [0.29, 0.717) is 4.47 Å². The van der Waals surface area contributed by atoms with Gasteiger partial charge in [0.1, 0.15) is 0 Å². The number of methoxy groups -OCH3 is 1. The van der Waals surface area contributed by atoms with Crippen molar-refractivity contribution in [3.05, 3.63) is 33.3 Å². The van der Waals surface area contributed by atoms with Crippen LogP contribution < -0.4 is 5.32 Å². The number of hydrogen-bond acceptors (Lipinski definition) is 4. The van der Waals surface area contributed by atoms with Crippen LogP contribution in [-0.4, -0.2) is 36.7 Å². The van der Waals surface area contributed by atoms with Crippen molar-refractivity contribution in [2.24, 2.45) is 0 Å². The number of ether oxygens (including phenoxy) is 1. The largest absolute Gasteiger partial charge is 0.467 e. The molecular weight excluding hydrogens is 325 g/mol. The maximum atomic E-state index is 11.9. The van der Waals surface area contributed by atoms with Gasteiger partial charge in [-0.3, -0.25) is 4.79 Å². The Balaban J connectivity index is 2.88. The standard InChI is InChI=1S/C11H11BrClNO4/c1-18-11(17)8(5-15)14-10(16)6-3-2-4-7(12)9(6)13/h2-4,8,15H,5H2,1H3,(H,14,16). The Bertz CT molecular complexity index is 466. The number of carbonyl (C=O) groups excluding carboxylic acids is 2. The lowest BCUT2D eigenvalue weighted by molar-refractivity contribution is -0.143. The molecule has 0 bridgehead atoms. The molecule has 7 heteroatoms. The molecule has 98 valence electrons. The summed E-state index contributed by atoms with van der Waals surface area (Å²) in [6.07, 6.45) is 0. The van der Waals surface area contributed by atoms with Crippen molar-refractivity contribution in [2.75, 3.05) is 13.7 Å². The molecule has 0 aliphatic heterocycles. The SMILES string of the molecule is COC(=O)C(CO)NC(=O)c1cccc(Br)c1Cl. The number of benzene rings is 1. The summed E-state index contributed by atoms with van der Waals surface area (Å²) in [5.41, 5.74) is 0.202. The first kappa shape index (κ1) is 14.9. The van der Waals surface area contributed by atoms with Gasteiger partial charge in [-0.1, -0.05) is 17.7 Å². The first-order valence-electron chi connectivity index (χ1n) is 4.94. The van der Waals surface area contributed by atoms with Crippen LogP contribution in [0.2, 0.25) is 5.02 Å². The monoisotopic (exact) mass is 335 g/mol. The molecule has 0 aromatic heterocycles. The van der Waals surface area contributed by atoms with E-state index in [-0.39, 0.29) is 10.6 Å². The molecule has 1 unspecified atom stereocenters. The maximum absolute atomic E-state index is 11.9. The molecule has 1 amide bonds. The Hall–Kier alpha value is -1.11. The van der Waals surface area contributed by atoms with Crippen LogP contribution in [0.25, 0.3) is 0 Å². The highest BCUT2D eigenvalue weighted by Gasteiger charge is 2.22. The van der Waals surface area contributed by atoms with Crippen LogP contribution in [0, 0.1) is 0 Å². The van der Waals surface area contributed by atoms with Gasteiger partial charge in [0.15, 0.2) is 6.04 Å². The number of aliphatic hydroxyl groups excluding tert-OH is 1. The van der Waals surface area contributed by atoms with E-state index in [0.717, 1.165) is 0 Å². The van der Waals surface area contributed by atoms with E-state index in [4.69, 9.17) is 16.7 Å². The van der Waals surface area contributed by atoms with E-state index in [2.05, 4.69) is 26.0 Å². The minimum atomic E-state index is -1.11. The van der Waals surface area contributed by atoms with Crippen molar-refractivity contribution in [2.45, 2.75) is 6.04 Å². The Kier molecular flexibility index (Phi) is 5.58. The number of halogens is 2. The van der Waals surface area contributed by atoms with Crippen molar-refractivity contribution >= 4 is 39.4 Å². The fourth-order valence-electron chi connectivity index (χ4n) is 1.24. The molecule has 1 atom stereocenters. The number of amides is 1. The molecule has 0 aliphatic carbocycles. The van der Waals surface area contributed by atoms with Crippen LogP contribution in [0.1, 0.15) is 10.4 Å². The summed E-state index contributed by atoms with van der Waals surface area (Å²) in [5.74, 6) is -1.29. The lowest BCUT2D eigenvalue weighted by atomic mass is 10.2. The Morgan fingerprint density at radius 2 is 2.22 bits per heavy atom. The van der Waals surface area contributed by atoms with Gasteiger partial charge in [0.25, 0.3) is 5.91 Å². The van der Waals surface area contributed by atoms with E-state index in [1.165, 1.54) is 13.2 Å². The number of aliphatic hydroxyl groups is 1. The number of nitrogens with one attached hydrogen (secondary N) is 1. The zero-order valence-corrected chi connectivity index (χ0v) is 11.8. The number of hydrogen-bond donors (Lipinski definition) is 2. The van der Waals surface area contributed by atoms with E-state index < -0.39 is 24.5 Å². The number of esters is 1. The summed E-state index contributed by atoms with van der Waals surface area (Å²) in [5, 5.41) is 11.6. The summed E-state index contributed by atoms with van der Waals surface area (Å²) in [6.45, 7) is -0.552. The quantitative estimate of drug-likeness (QED) is 0.814. The second-order valence-corrected chi connectivity index (χ2v) is 4.57. The fraction of sp³-hybridized carbons (Fsp3) is 0.273. The Labute approximate surface area is 117 Å². The molecule has 18 heavy (non-hydrogen) atoms. The summed E-state index contributed by atoms with van der Waals surface area (Å²) in [4.78, 5) is 23.1. The van der Waals surface area contributed by atoms with Gasteiger partial charge in [0.2, 0.25) is 0 Å². The van der Waals surface area contributed by atoms with Crippen molar-refractivity contribution in [1.82, 2.24) is 5.32 Å². The van der Waals surface area contributed by atoms with Gasteiger partial charge < -0.3 is 15.2 Å². The molecule has 0 aliphatic rings. The normalized spacial score (nSPS) is 11.8. The van der Waals surface area contributed by atoms with Gasteiger partial charge in [0, 0.05) is 4.47 Å². The minimum Gasteiger partial charge on any atom is -0.467 e. The van der Waals surface area contributed by atoms with E-state index >= 15 is 0 Å². The van der Waals surface area contributed by atoms with Crippen molar-refractivity contribution < 1.29 is 19.4 Å². The molecule has 0 spiro atoms. The predicted octanol–water partition coefficient (Wildman–Crippen LogP) is 1.37. The third kappa shape index (κ3) is 3.44. The zero-order chi connectivity index (χ0) is 13.7. The first-order chi connectivity index (χ1) is 8.51. The van der Waals surface area contributed by atoms with Gasteiger partial charge in [-0.2, -0.15) is 0 Å². The molecule has 0 saturated heterocycles. The topological polar surface area (TPSA) is 75.6 Å². The first-order valence-corrected chi connectivity index (χ1v) is 6.12. The lowest BCUT2D eigenvalue weighted by Crippen LogP contribution is -2.44. The third-order valence-electron chi connectivity index (χ3n) is 2.17. The third-order valence-corrected chi connectivity index (χ3v) is 3.47.